The van der Waals surface area contributed by atoms with Crippen LogP contribution in [0.4, 0.5) is 0 Å². The van der Waals surface area contributed by atoms with Crippen LogP contribution in [0, 0.1) is 0 Å². The Kier molecular flexibility index (Phi) is 4.64. The number of rotatable bonds is 5. The van der Waals surface area contributed by atoms with Gasteiger partial charge in [-0.25, -0.2) is 0 Å². The van der Waals surface area contributed by atoms with E-state index in [1.165, 1.54) is 7.11 Å². The minimum atomic E-state index is -0.0215. The second kappa shape index (κ2) is 6.44. The van der Waals surface area contributed by atoms with Gasteiger partial charge >= 0.3 is 0 Å². The smallest absolute Gasteiger partial charge is 0.170 e. The molecule has 0 amide bonds. The predicted molar refractivity (Wildman–Crippen MR) is 79.0 cm³/mol. The number of hydrogen-bond donors (Lipinski definition) is 0. The van der Waals surface area contributed by atoms with Gasteiger partial charge in [0, 0.05) is 11.4 Å². The number of carbonyl (C=O) groups is 1. The Morgan fingerprint density at radius 1 is 1.10 bits per heavy atom. The molecule has 0 saturated carbocycles. The van der Waals surface area contributed by atoms with Crippen LogP contribution in [0.5, 0.6) is 11.5 Å². The van der Waals surface area contributed by atoms with Gasteiger partial charge < -0.3 is 9.47 Å². The molecule has 0 fully saturated rings. The van der Waals surface area contributed by atoms with Crippen molar-refractivity contribution in [2.24, 2.45) is 0 Å². The molecular formula is C16H15ClO3. The zero-order valence-electron chi connectivity index (χ0n) is 11.4. The lowest BCUT2D eigenvalue weighted by atomic mass is 10.0. The largest absolute Gasteiger partial charge is 0.497 e. The molecule has 0 bridgehead atoms. The Morgan fingerprint density at radius 2 is 1.90 bits per heavy atom. The summed E-state index contributed by atoms with van der Waals surface area (Å²) in [4.78, 5) is 12.3. The molecule has 0 atom stereocenters. The summed E-state index contributed by atoms with van der Waals surface area (Å²) in [7, 11) is 3.12. The molecule has 0 heterocycles. The zero-order valence-corrected chi connectivity index (χ0v) is 12.1. The highest BCUT2D eigenvalue weighted by atomic mass is 35.5. The minimum absolute atomic E-state index is 0.0215. The summed E-state index contributed by atoms with van der Waals surface area (Å²) in [6, 6.07) is 12.5. The van der Waals surface area contributed by atoms with Gasteiger partial charge in [-0.1, -0.05) is 23.7 Å². The van der Waals surface area contributed by atoms with Gasteiger partial charge in [-0.3, -0.25) is 4.79 Å². The molecule has 0 spiro atoms. The first-order chi connectivity index (χ1) is 9.63. The molecule has 2 aromatic rings. The second-order valence-electron chi connectivity index (χ2n) is 4.30. The Balaban J connectivity index is 2.23. The number of ketones is 1. The molecule has 20 heavy (non-hydrogen) atoms. The van der Waals surface area contributed by atoms with Crippen LogP contribution < -0.4 is 9.47 Å². The van der Waals surface area contributed by atoms with Crippen LogP contribution >= 0.6 is 11.6 Å². The summed E-state index contributed by atoms with van der Waals surface area (Å²) in [5.74, 6) is 1.20. The molecular weight excluding hydrogens is 276 g/mol. The molecule has 0 aliphatic heterocycles. The Bertz CT molecular complexity index is 623. The van der Waals surface area contributed by atoms with Gasteiger partial charge in [0.1, 0.15) is 11.5 Å². The maximum Gasteiger partial charge on any atom is 0.170 e. The SMILES string of the molecule is COc1cccc(CC(=O)c2ccc(Cl)cc2OC)c1. The predicted octanol–water partition coefficient (Wildman–Crippen LogP) is 3.78. The van der Waals surface area contributed by atoms with Crippen molar-refractivity contribution in [3.8, 4) is 11.5 Å². The van der Waals surface area contributed by atoms with Crippen LogP contribution in [-0.4, -0.2) is 20.0 Å². The van der Waals surface area contributed by atoms with Gasteiger partial charge in [0.15, 0.2) is 5.78 Å². The lowest BCUT2D eigenvalue weighted by Crippen LogP contribution is -2.06. The number of benzene rings is 2. The number of carbonyl (C=O) groups excluding carboxylic acids is 1. The summed E-state index contributed by atoms with van der Waals surface area (Å²) in [6.07, 6.45) is 0.287. The summed E-state index contributed by atoms with van der Waals surface area (Å²) >= 11 is 5.89. The monoisotopic (exact) mass is 290 g/mol. The first-order valence-corrected chi connectivity index (χ1v) is 6.51. The third kappa shape index (κ3) is 3.31. The van der Waals surface area contributed by atoms with Gasteiger partial charge in [0.2, 0.25) is 0 Å². The standard InChI is InChI=1S/C16H15ClO3/c1-19-13-5-3-4-11(8-13)9-15(18)14-7-6-12(17)10-16(14)20-2/h3-8,10H,9H2,1-2H3. The van der Waals surface area contributed by atoms with Crippen LogP contribution in [0.15, 0.2) is 42.5 Å². The quantitative estimate of drug-likeness (QED) is 0.786. The molecule has 0 aromatic heterocycles. The van der Waals surface area contributed by atoms with E-state index < -0.39 is 0 Å². The Labute approximate surface area is 123 Å². The van der Waals surface area contributed by atoms with Crippen molar-refractivity contribution in [3.05, 3.63) is 58.6 Å². The van der Waals surface area contributed by atoms with E-state index in [9.17, 15) is 4.79 Å². The van der Waals surface area contributed by atoms with Crippen molar-refractivity contribution in [3.63, 3.8) is 0 Å². The molecule has 4 heteroatoms. The summed E-state index contributed by atoms with van der Waals surface area (Å²) < 4.78 is 10.3. The number of halogens is 1. The normalized spacial score (nSPS) is 10.2. The van der Waals surface area contributed by atoms with Crippen molar-refractivity contribution in [1.29, 1.82) is 0 Å². The van der Waals surface area contributed by atoms with E-state index in [0.717, 1.165) is 11.3 Å². The third-order valence-electron chi connectivity index (χ3n) is 2.96. The number of methoxy groups -OCH3 is 2. The number of Topliss-reactive ketones (excluding diaryl/α,β-unsaturated/α-hetero) is 1. The first-order valence-electron chi connectivity index (χ1n) is 6.13. The second-order valence-corrected chi connectivity index (χ2v) is 4.73. The molecule has 0 N–H and O–H groups in total. The minimum Gasteiger partial charge on any atom is -0.497 e. The van der Waals surface area contributed by atoms with Gasteiger partial charge in [0.25, 0.3) is 0 Å². The molecule has 2 rings (SSSR count). The summed E-state index contributed by atoms with van der Waals surface area (Å²) in [5.41, 5.74) is 1.42. The molecule has 0 aliphatic rings. The van der Waals surface area contributed by atoms with Crippen LogP contribution in [0.25, 0.3) is 0 Å². The zero-order chi connectivity index (χ0) is 14.5. The van der Waals surface area contributed by atoms with Crippen molar-refractivity contribution >= 4 is 17.4 Å². The number of ether oxygens (including phenoxy) is 2. The van der Waals surface area contributed by atoms with E-state index in [-0.39, 0.29) is 12.2 Å². The number of hydrogen-bond acceptors (Lipinski definition) is 3. The van der Waals surface area contributed by atoms with E-state index in [2.05, 4.69) is 0 Å². The van der Waals surface area contributed by atoms with Gasteiger partial charge in [-0.15, -0.1) is 0 Å². The van der Waals surface area contributed by atoms with Crippen molar-refractivity contribution in [1.82, 2.24) is 0 Å². The molecule has 0 aliphatic carbocycles. The lowest BCUT2D eigenvalue weighted by molar-refractivity contribution is 0.0990. The van der Waals surface area contributed by atoms with Crippen LogP contribution in [0.1, 0.15) is 15.9 Å². The van der Waals surface area contributed by atoms with Crippen LogP contribution in [0.2, 0.25) is 5.02 Å². The van der Waals surface area contributed by atoms with E-state index in [1.54, 1.807) is 25.3 Å². The molecule has 0 radical (unpaired) electrons. The van der Waals surface area contributed by atoms with Crippen molar-refractivity contribution in [2.75, 3.05) is 14.2 Å². The fourth-order valence-electron chi connectivity index (χ4n) is 1.96. The summed E-state index contributed by atoms with van der Waals surface area (Å²) in [6.45, 7) is 0. The third-order valence-corrected chi connectivity index (χ3v) is 3.20. The molecule has 104 valence electrons. The Hall–Kier alpha value is -2.00. The molecule has 3 nitrogen and oxygen atoms in total. The van der Waals surface area contributed by atoms with Crippen LogP contribution in [0.3, 0.4) is 0 Å². The van der Waals surface area contributed by atoms with Gasteiger partial charge in [0.05, 0.1) is 19.8 Å². The first kappa shape index (κ1) is 14.4. The average Bonchev–Trinajstić information content (AvgIpc) is 2.47. The van der Waals surface area contributed by atoms with E-state index >= 15 is 0 Å². The summed E-state index contributed by atoms with van der Waals surface area (Å²) in [5, 5.41) is 0.541. The fraction of sp³-hybridized carbons (Fsp3) is 0.188. The maximum absolute atomic E-state index is 12.3. The lowest BCUT2D eigenvalue weighted by Gasteiger charge is -2.08. The Morgan fingerprint density at radius 3 is 2.60 bits per heavy atom. The van der Waals surface area contributed by atoms with E-state index in [0.29, 0.717) is 16.3 Å². The highest BCUT2D eigenvalue weighted by Crippen LogP contribution is 2.25. The fourth-order valence-corrected chi connectivity index (χ4v) is 2.12. The van der Waals surface area contributed by atoms with Crippen LogP contribution in [-0.2, 0) is 6.42 Å². The highest BCUT2D eigenvalue weighted by molar-refractivity contribution is 6.30. The maximum atomic E-state index is 12.3. The van der Waals surface area contributed by atoms with E-state index in [4.69, 9.17) is 21.1 Å². The van der Waals surface area contributed by atoms with Crippen molar-refractivity contribution in [2.45, 2.75) is 6.42 Å². The average molecular weight is 291 g/mol. The topological polar surface area (TPSA) is 35.5 Å². The van der Waals surface area contributed by atoms with Gasteiger partial charge in [-0.05, 0) is 35.9 Å². The van der Waals surface area contributed by atoms with Gasteiger partial charge in [-0.2, -0.15) is 0 Å². The highest BCUT2D eigenvalue weighted by Gasteiger charge is 2.13. The molecule has 0 unspecified atom stereocenters. The molecule has 2 aromatic carbocycles. The van der Waals surface area contributed by atoms with Crippen molar-refractivity contribution < 1.29 is 14.3 Å². The molecule has 0 saturated heterocycles. The van der Waals surface area contributed by atoms with E-state index in [1.807, 2.05) is 24.3 Å².